The maximum Gasteiger partial charge on any atom is 0.233 e. The van der Waals surface area contributed by atoms with E-state index in [0.717, 1.165) is 29.5 Å². The maximum atomic E-state index is 12.7. The number of carbonyl (C=O) groups excluding carboxylic acids is 1. The molecule has 2 N–H and O–H groups in total. The van der Waals surface area contributed by atoms with Crippen LogP contribution in [0.3, 0.4) is 0 Å². The average molecular weight is 296 g/mol. The fourth-order valence-electron chi connectivity index (χ4n) is 1.80. The Morgan fingerprint density at radius 3 is 2.75 bits per heavy atom. The summed E-state index contributed by atoms with van der Waals surface area (Å²) in [6.07, 6.45) is 3.51. The van der Waals surface area contributed by atoms with Gasteiger partial charge in [0.2, 0.25) is 5.91 Å². The zero-order valence-corrected chi connectivity index (χ0v) is 12.3. The highest BCUT2D eigenvalue weighted by Crippen LogP contribution is 2.27. The summed E-state index contributed by atoms with van der Waals surface area (Å²) in [5.74, 6) is 1.58. The second-order valence-electron chi connectivity index (χ2n) is 5.08. The molecule has 0 spiro atoms. The van der Waals surface area contributed by atoms with Gasteiger partial charge in [-0.05, 0) is 61.7 Å². The second kappa shape index (κ2) is 8.27. The van der Waals surface area contributed by atoms with Crippen molar-refractivity contribution in [3.63, 3.8) is 0 Å². The normalized spacial score (nSPS) is 14.2. The van der Waals surface area contributed by atoms with Gasteiger partial charge in [0.25, 0.3) is 0 Å². The lowest BCUT2D eigenvalue weighted by molar-refractivity contribution is -0.120. The van der Waals surface area contributed by atoms with Crippen LogP contribution in [0, 0.1) is 11.7 Å². The molecule has 0 aromatic heterocycles. The Morgan fingerprint density at radius 2 is 2.05 bits per heavy atom. The molecular formula is C15H21FN2OS. The summed E-state index contributed by atoms with van der Waals surface area (Å²) >= 11 is 1.68. The predicted molar refractivity (Wildman–Crippen MR) is 80.3 cm³/mol. The molecule has 110 valence electrons. The van der Waals surface area contributed by atoms with Crippen molar-refractivity contribution < 1.29 is 9.18 Å². The van der Waals surface area contributed by atoms with Gasteiger partial charge in [-0.25, -0.2) is 4.39 Å². The molecule has 0 saturated heterocycles. The van der Waals surface area contributed by atoms with Crippen LogP contribution < -0.4 is 10.6 Å². The summed E-state index contributed by atoms with van der Waals surface area (Å²) < 4.78 is 12.7. The van der Waals surface area contributed by atoms with Crippen LogP contribution in [0.15, 0.2) is 29.2 Å². The minimum Gasteiger partial charge on any atom is -0.355 e. The van der Waals surface area contributed by atoms with Gasteiger partial charge < -0.3 is 10.6 Å². The Bertz CT molecular complexity index is 420. The van der Waals surface area contributed by atoms with Crippen LogP contribution in [-0.4, -0.2) is 31.3 Å². The molecule has 1 aliphatic carbocycles. The topological polar surface area (TPSA) is 41.1 Å². The molecule has 1 aromatic rings. The van der Waals surface area contributed by atoms with Gasteiger partial charge in [0.05, 0.1) is 6.54 Å². The van der Waals surface area contributed by atoms with E-state index < -0.39 is 0 Å². The smallest absolute Gasteiger partial charge is 0.233 e. The first-order chi connectivity index (χ1) is 9.74. The zero-order valence-electron chi connectivity index (χ0n) is 11.5. The lowest BCUT2D eigenvalue weighted by Crippen LogP contribution is -2.35. The number of nitrogens with one attached hydrogen (secondary N) is 2. The van der Waals surface area contributed by atoms with Gasteiger partial charge in [0.1, 0.15) is 5.82 Å². The third-order valence-corrected chi connectivity index (χ3v) is 4.24. The average Bonchev–Trinajstić information content (AvgIpc) is 3.25. The molecule has 20 heavy (non-hydrogen) atoms. The first-order valence-electron chi connectivity index (χ1n) is 7.10. The largest absolute Gasteiger partial charge is 0.355 e. The fraction of sp³-hybridized carbons (Fsp3) is 0.533. The van der Waals surface area contributed by atoms with Crippen LogP contribution in [0.5, 0.6) is 0 Å². The highest BCUT2D eigenvalue weighted by Gasteiger charge is 2.20. The molecule has 0 atom stereocenters. The van der Waals surface area contributed by atoms with Gasteiger partial charge in [-0.15, -0.1) is 11.8 Å². The van der Waals surface area contributed by atoms with Crippen molar-refractivity contribution in [2.45, 2.75) is 24.2 Å². The molecule has 1 aliphatic rings. The summed E-state index contributed by atoms with van der Waals surface area (Å²) in [6, 6.07) is 6.49. The Kier molecular flexibility index (Phi) is 6.33. The minimum atomic E-state index is -0.208. The monoisotopic (exact) mass is 296 g/mol. The van der Waals surface area contributed by atoms with Crippen LogP contribution in [0.2, 0.25) is 0 Å². The first-order valence-corrected chi connectivity index (χ1v) is 8.08. The van der Waals surface area contributed by atoms with Crippen LogP contribution in [0.4, 0.5) is 4.39 Å². The zero-order chi connectivity index (χ0) is 14.2. The lowest BCUT2D eigenvalue weighted by Gasteiger charge is -2.06. The van der Waals surface area contributed by atoms with Crippen molar-refractivity contribution in [3.8, 4) is 0 Å². The summed E-state index contributed by atoms with van der Waals surface area (Å²) in [5, 5.41) is 6.06. The second-order valence-corrected chi connectivity index (χ2v) is 6.25. The molecule has 1 saturated carbocycles. The van der Waals surface area contributed by atoms with Crippen molar-refractivity contribution in [2.24, 2.45) is 5.92 Å². The van der Waals surface area contributed by atoms with Gasteiger partial charge in [0, 0.05) is 11.4 Å². The Labute approximate surface area is 123 Å². The van der Waals surface area contributed by atoms with Crippen molar-refractivity contribution in [2.75, 3.05) is 25.4 Å². The number of hydrogen-bond acceptors (Lipinski definition) is 3. The van der Waals surface area contributed by atoms with Gasteiger partial charge in [-0.1, -0.05) is 0 Å². The van der Waals surface area contributed by atoms with Crippen molar-refractivity contribution in [1.29, 1.82) is 0 Å². The molecule has 0 radical (unpaired) electrons. The summed E-state index contributed by atoms with van der Waals surface area (Å²) in [7, 11) is 0. The third-order valence-electron chi connectivity index (χ3n) is 3.14. The SMILES string of the molecule is O=C(CNCC1CC1)NCCCSc1ccc(F)cc1. The number of thioether (sulfide) groups is 1. The van der Waals surface area contributed by atoms with E-state index >= 15 is 0 Å². The summed E-state index contributed by atoms with van der Waals surface area (Å²) in [4.78, 5) is 12.6. The van der Waals surface area contributed by atoms with Crippen LogP contribution in [-0.2, 0) is 4.79 Å². The van der Waals surface area contributed by atoms with Gasteiger partial charge >= 0.3 is 0 Å². The number of benzene rings is 1. The van der Waals surface area contributed by atoms with E-state index in [1.165, 1.54) is 25.0 Å². The van der Waals surface area contributed by atoms with Gasteiger partial charge in [0.15, 0.2) is 0 Å². The van der Waals surface area contributed by atoms with Gasteiger partial charge in [-0.2, -0.15) is 0 Å². The Morgan fingerprint density at radius 1 is 1.30 bits per heavy atom. The number of carbonyl (C=O) groups is 1. The molecular weight excluding hydrogens is 275 g/mol. The lowest BCUT2D eigenvalue weighted by atomic mass is 10.4. The fourth-order valence-corrected chi connectivity index (χ4v) is 2.65. The van der Waals surface area contributed by atoms with E-state index in [-0.39, 0.29) is 11.7 Å². The van der Waals surface area contributed by atoms with E-state index in [1.54, 1.807) is 23.9 Å². The molecule has 0 unspecified atom stereocenters. The van der Waals surface area contributed by atoms with E-state index in [1.807, 2.05) is 0 Å². The van der Waals surface area contributed by atoms with Crippen LogP contribution in [0.1, 0.15) is 19.3 Å². The van der Waals surface area contributed by atoms with Crippen molar-refractivity contribution in [3.05, 3.63) is 30.1 Å². The molecule has 1 aromatic carbocycles. The van der Waals surface area contributed by atoms with Crippen molar-refractivity contribution >= 4 is 17.7 Å². The quantitative estimate of drug-likeness (QED) is 0.543. The molecule has 0 bridgehead atoms. The van der Waals surface area contributed by atoms with E-state index in [9.17, 15) is 9.18 Å². The Balaban J connectivity index is 1.46. The summed E-state index contributed by atoms with van der Waals surface area (Å²) in [5.41, 5.74) is 0. The minimum absolute atomic E-state index is 0.0671. The molecule has 1 fully saturated rings. The maximum absolute atomic E-state index is 12.7. The molecule has 0 heterocycles. The van der Waals surface area contributed by atoms with Crippen LogP contribution in [0.25, 0.3) is 0 Å². The highest BCUT2D eigenvalue weighted by atomic mass is 32.2. The van der Waals surface area contributed by atoms with Crippen molar-refractivity contribution in [1.82, 2.24) is 10.6 Å². The molecule has 1 amide bonds. The van der Waals surface area contributed by atoms with E-state index in [4.69, 9.17) is 0 Å². The molecule has 2 rings (SSSR count). The first kappa shape index (κ1) is 15.3. The summed E-state index contributed by atoms with van der Waals surface area (Å²) in [6.45, 7) is 2.08. The number of hydrogen-bond donors (Lipinski definition) is 2. The molecule has 3 nitrogen and oxygen atoms in total. The van der Waals surface area contributed by atoms with Crippen LogP contribution >= 0.6 is 11.8 Å². The third kappa shape index (κ3) is 6.39. The van der Waals surface area contributed by atoms with Gasteiger partial charge in [-0.3, -0.25) is 4.79 Å². The molecule has 0 aliphatic heterocycles. The number of halogens is 1. The van der Waals surface area contributed by atoms with E-state index in [2.05, 4.69) is 10.6 Å². The Hall–Kier alpha value is -1.07. The number of rotatable bonds is 9. The standard InChI is InChI=1S/C15H21FN2OS/c16-13-4-6-14(7-5-13)20-9-1-8-18-15(19)11-17-10-12-2-3-12/h4-7,12,17H,1-3,8-11H2,(H,18,19). The predicted octanol–water partition coefficient (Wildman–Crippen LogP) is 2.42. The highest BCUT2D eigenvalue weighted by molar-refractivity contribution is 7.99. The molecule has 5 heteroatoms. The van der Waals surface area contributed by atoms with E-state index in [0.29, 0.717) is 13.1 Å². The number of amides is 1.